The van der Waals surface area contributed by atoms with E-state index >= 15 is 0 Å². The number of hydrogen-bond donors (Lipinski definition) is 0. The van der Waals surface area contributed by atoms with Gasteiger partial charge in [0.2, 0.25) is 0 Å². The standard InChI is InChI=1S/C13H20O2/c1-4-15-12(14)7-9-5-6-10-8-11(9)13(10,2)3/h5,10-11H,4,6-8H2,1-3H3. The SMILES string of the molecule is CCOC(=O)CC1=CCC2CC1C2(C)C. The summed E-state index contributed by atoms with van der Waals surface area (Å²) in [7, 11) is 0. The minimum atomic E-state index is -0.0649. The van der Waals surface area contributed by atoms with Crippen molar-refractivity contribution in [2.75, 3.05) is 6.61 Å². The average Bonchev–Trinajstić information content (AvgIpc) is 2.17. The number of hydrogen-bond acceptors (Lipinski definition) is 2. The Morgan fingerprint density at radius 2 is 2.33 bits per heavy atom. The van der Waals surface area contributed by atoms with Crippen LogP contribution < -0.4 is 0 Å². The quantitative estimate of drug-likeness (QED) is 0.526. The van der Waals surface area contributed by atoms with Gasteiger partial charge in [-0.15, -0.1) is 0 Å². The molecule has 3 rings (SSSR count). The summed E-state index contributed by atoms with van der Waals surface area (Å²) in [5, 5.41) is 0. The van der Waals surface area contributed by atoms with Crippen molar-refractivity contribution in [2.45, 2.75) is 40.0 Å². The zero-order valence-electron chi connectivity index (χ0n) is 9.88. The number of esters is 1. The lowest BCUT2D eigenvalue weighted by Gasteiger charge is -2.56. The van der Waals surface area contributed by atoms with Crippen LogP contribution in [0.2, 0.25) is 0 Å². The lowest BCUT2D eigenvalue weighted by Crippen LogP contribution is -2.48. The third-order valence-corrected chi connectivity index (χ3v) is 4.24. The molecule has 0 amide bonds. The second-order valence-corrected chi connectivity index (χ2v) is 5.30. The molecule has 1 fully saturated rings. The zero-order chi connectivity index (χ0) is 11.1. The molecule has 0 saturated heterocycles. The molecule has 0 heterocycles. The fourth-order valence-corrected chi connectivity index (χ4v) is 3.06. The van der Waals surface area contributed by atoms with E-state index in [9.17, 15) is 4.79 Å². The van der Waals surface area contributed by atoms with Crippen LogP contribution in [0.5, 0.6) is 0 Å². The van der Waals surface area contributed by atoms with Crippen molar-refractivity contribution in [3.63, 3.8) is 0 Å². The van der Waals surface area contributed by atoms with Gasteiger partial charge in [0.1, 0.15) is 0 Å². The summed E-state index contributed by atoms with van der Waals surface area (Å²) in [4.78, 5) is 11.4. The number of carbonyl (C=O) groups is 1. The highest BCUT2D eigenvalue weighted by Crippen LogP contribution is 2.59. The first-order chi connectivity index (χ1) is 7.05. The van der Waals surface area contributed by atoms with Crippen LogP contribution in [-0.4, -0.2) is 12.6 Å². The predicted octanol–water partition coefficient (Wildman–Crippen LogP) is 2.93. The Balaban J connectivity index is 1.99. The van der Waals surface area contributed by atoms with E-state index in [4.69, 9.17) is 4.74 Å². The Morgan fingerprint density at radius 3 is 2.87 bits per heavy atom. The van der Waals surface area contributed by atoms with E-state index in [0.29, 0.717) is 24.4 Å². The Labute approximate surface area is 91.7 Å². The van der Waals surface area contributed by atoms with Gasteiger partial charge < -0.3 is 4.74 Å². The molecule has 0 N–H and O–H groups in total. The molecule has 84 valence electrons. The summed E-state index contributed by atoms with van der Waals surface area (Å²) < 4.78 is 5.00. The van der Waals surface area contributed by atoms with E-state index in [0.717, 1.165) is 12.3 Å². The van der Waals surface area contributed by atoms with Crippen LogP contribution in [0.25, 0.3) is 0 Å². The first-order valence-electron chi connectivity index (χ1n) is 5.90. The van der Waals surface area contributed by atoms with Crippen molar-refractivity contribution in [1.29, 1.82) is 0 Å². The van der Waals surface area contributed by atoms with Gasteiger partial charge in [-0.25, -0.2) is 0 Å². The first-order valence-corrected chi connectivity index (χ1v) is 5.90. The molecule has 3 aliphatic rings. The van der Waals surface area contributed by atoms with Gasteiger partial charge in [0.15, 0.2) is 0 Å². The van der Waals surface area contributed by atoms with Crippen LogP contribution in [0.4, 0.5) is 0 Å². The molecule has 3 aliphatic carbocycles. The van der Waals surface area contributed by atoms with E-state index in [1.54, 1.807) is 0 Å². The van der Waals surface area contributed by atoms with Crippen molar-refractivity contribution in [1.82, 2.24) is 0 Å². The average molecular weight is 208 g/mol. The summed E-state index contributed by atoms with van der Waals surface area (Å²) in [5.74, 6) is 1.40. The molecule has 0 aromatic carbocycles. The molecule has 0 aliphatic heterocycles. The maximum absolute atomic E-state index is 11.4. The molecular weight excluding hydrogens is 188 g/mol. The Bertz CT molecular complexity index is 302. The Morgan fingerprint density at radius 1 is 1.60 bits per heavy atom. The van der Waals surface area contributed by atoms with Crippen molar-refractivity contribution in [2.24, 2.45) is 17.3 Å². The van der Waals surface area contributed by atoms with Crippen molar-refractivity contribution in [3.05, 3.63) is 11.6 Å². The topological polar surface area (TPSA) is 26.3 Å². The smallest absolute Gasteiger partial charge is 0.309 e. The van der Waals surface area contributed by atoms with Gasteiger partial charge in [-0.1, -0.05) is 25.5 Å². The van der Waals surface area contributed by atoms with E-state index in [2.05, 4.69) is 19.9 Å². The molecule has 2 nitrogen and oxygen atoms in total. The van der Waals surface area contributed by atoms with E-state index in [1.165, 1.54) is 12.0 Å². The molecule has 2 bridgehead atoms. The maximum Gasteiger partial charge on any atom is 0.309 e. The second kappa shape index (κ2) is 3.66. The van der Waals surface area contributed by atoms with Crippen LogP contribution in [0.3, 0.4) is 0 Å². The van der Waals surface area contributed by atoms with E-state index in [1.807, 2.05) is 6.92 Å². The van der Waals surface area contributed by atoms with Gasteiger partial charge in [0, 0.05) is 0 Å². The van der Waals surface area contributed by atoms with E-state index < -0.39 is 0 Å². The largest absolute Gasteiger partial charge is 0.466 e. The number of fused-ring (bicyclic) bond motifs is 1. The van der Waals surface area contributed by atoms with Crippen molar-refractivity contribution >= 4 is 5.97 Å². The summed E-state index contributed by atoms with van der Waals surface area (Å²) in [6.45, 7) is 6.99. The minimum absolute atomic E-state index is 0.0649. The Kier molecular flexibility index (Phi) is 2.61. The predicted molar refractivity (Wildman–Crippen MR) is 59.3 cm³/mol. The molecule has 0 aromatic rings. The van der Waals surface area contributed by atoms with Crippen molar-refractivity contribution < 1.29 is 9.53 Å². The summed E-state index contributed by atoms with van der Waals surface area (Å²) >= 11 is 0. The monoisotopic (exact) mass is 208 g/mol. The highest BCUT2D eigenvalue weighted by atomic mass is 16.5. The molecule has 0 spiro atoms. The normalized spacial score (nSPS) is 31.5. The molecule has 2 heteroatoms. The Hall–Kier alpha value is -0.790. The number of allylic oxidation sites excluding steroid dienone is 1. The van der Waals surface area contributed by atoms with Gasteiger partial charge in [0.05, 0.1) is 13.0 Å². The molecule has 2 atom stereocenters. The highest BCUT2D eigenvalue weighted by molar-refractivity contribution is 5.72. The first kappa shape index (κ1) is 10.7. The zero-order valence-corrected chi connectivity index (χ0v) is 9.88. The fraction of sp³-hybridized carbons (Fsp3) is 0.769. The third kappa shape index (κ3) is 1.70. The second-order valence-electron chi connectivity index (χ2n) is 5.30. The van der Waals surface area contributed by atoms with Gasteiger partial charge in [0.25, 0.3) is 0 Å². The van der Waals surface area contributed by atoms with Crippen LogP contribution in [0.1, 0.15) is 40.0 Å². The fourth-order valence-electron chi connectivity index (χ4n) is 3.06. The summed E-state index contributed by atoms with van der Waals surface area (Å²) in [6, 6.07) is 0. The lowest BCUT2D eigenvalue weighted by molar-refractivity contribution is -0.143. The van der Waals surface area contributed by atoms with E-state index in [-0.39, 0.29) is 5.97 Å². The number of carbonyl (C=O) groups excluding carboxylic acids is 1. The molecule has 15 heavy (non-hydrogen) atoms. The van der Waals surface area contributed by atoms with Crippen molar-refractivity contribution in [3.8, 4) is 0 Å². The van der Waals surface area contributed by atoms with Gasteiger partial charge >= 0.3 is 5.97 Å². The third-order valence-electron chi connectivity index (χ3n) is 4.24. The van der Waals surface area contributed by atoms with Crippen LogP contribution in [0, 0.1) is 17.3 Å². The molecule has 2 unspecified atom stereocenters. The van der Waals surface area contributed by atoms with Gasteiger partial charge in [-0.05, 0) is 37.0 Å². The number of ether oxygens (including phenoxy) is 1. The van der Waals surface area contributed by atoms with Crippen LogP contribution in [-0.2, 0) is 9.53 Å². The molecule has 0 aromatic heterocycles. The summed E-state index contributed by atoms with van der Waals surface area (Å²) in [6.07, 6.45) is 5.20. The van der Waals surface area contributed by atoms with Gasteiger partial charge in [-0.2, -0.15) is 0 Å². The maximum atomic E-state index is 11.4. The summed E-state index contributed by atoms with van der Waals surface area (Å²) in [5.41, 5.74) is 1.73. The van der Waals surface area contributed by atoms with Crippen LogP contribution >= 0.6 is 0 Å². The molecular formula is C13H20O2. The minimum Gasteiger partial charge on any atom is -0.466 e. The van der Waals surface area contributed by atoms with Gasteiger partial charge in [-0.3, -0.25) is 4.79 Å². The lowest BCUT2D eigenvalue weighted by atomic mass is 9.48. The van der Waals surface area contributed by atoms with Crippen LogP contribution in [0.15, 0.2) is 11.6 Å². The number of rotatable bonds is 3. The molecule has 0 radical (unpaired) electrons. The molecule has 1 saturated carbocycles. The highest BCUT2D eigenvalue weighted by Gasteiger charge is 2.51.